The quantitative estimate of drug-likeness (QED) is 0.471. The zero-order chi connectivity index (χ0) is 23.4. The maximum atomic E-state index is 12.8. The number of hydrogen-bond acceptors (Lipinski definition) is 7. The molecule has 1 aliphatic rings. The van der Waals surface area contributed by atoms with Crippen molar-refractivity contribution in [1.82, 2.24) is 15.3 Å². The van der Waals surface area contributed by atoms with E-state index in [-0.39, 0.29) is 35.4 Å². The molecule has 3 aromatic rings. The first-order valence-corrected chi connectivity index (χ1v) is 10.6. The number of nitrogens with zero attached hydrogens (tertiary/aromatic N) is 2. The van der Waals surface area contributed by atoms with Crippen molar-refractivity contribution in [2.24, 2.45) is 11.7 Å². The first kappa shape index (κ1) is 22.7. The average molecular weight is 458 g/mol. The molecular formula is C23H24F2N4O4. The number of nitrogens with one attached hydrogen (secondary N) is 1. The summed E-state index contributed by atoms with van der Waals surface area (Å²) in [6.07, 6.45) is 5.35. The molecule has 33 heavy (non-hydrogen) atoms. The van der Waals surface area contributed by atoms with Crippen LogP contribution in [0.25, 0.3) is 11.5 Å². The van der Waals surface area contributed by atoms with Gasteiger partial charge in [-0.15, -0.1) is 0 Å². The zero-order valence-electron chi connectivity index (χ0n) is 18.0. The summed E-state index contributed by atoms with van der Waals surface area (Å²) < 4.78 is 41.7. The predicted octanol–water partition coefficient (Wildman–Crippen LogP) is 4.08. The van der Waals surface area contributed by atoms with Crippen LogP contribution in [0.15, 0.2) is 47.1 Å². The molecule has 0 aliphatic heterocycles. The van der Waals surface area contributed by atoms with Gasteiger partial charge in [-0.25, -0.2) is 4.98 Å². The molecule has 0 bridgehead atoms. The monoisotopic (exact) mass is 458 g/mol. The molecule has 4 rings (SSSR count). The van der Waals surface area contributed by atoms with Crippen LogP contribution in [-0.4, -0.2) is 29.1 Å². The zero-order valence-corrected chi connectivity index (χ0v) is 18.0. The molecule has 1 saturated carbocycles. The standard InChI is InChI=1S/C23H24F2N4O4/c1-13(26)20-19(21(30)28-11-14-6-8-27-9-7-14)29-22(33-20)16-4-5-17(32-23(24)25)18(10-16)31-12-15-2-3-15/h4-10,13,15,23H,2-3,11-12,26H2,1H3,(H,28,30)/t13-/m0/s1. The lowest BCUT2D eigenvalue weighted by atomic mass is 10.2. The molecule has 0 saturated heterocycles. The van der Waals surface area contributed by atoms with Gasteiger partial charge in [-0.05, 0) is 61.6 Å². The van der Waals surface area contributed by atoms with Crippen LogP contribution in [0.1, 0.15) is 47.6 Å². The molecule has 0 spiro atoms. The van der Waals surface area contributed by atoms with Crippen LogP contribution in [-0.2, 0) is 6.54 Å². The van der Waals surface area contributed by atoms with E-state index < -0.39 is 18.6 Å². The van der Waals surface area contributed by atoms with Gasteiger partial charge in [0.1, 0.15) is 0 Å². The Morgan fingerprint density at radius 2 is 2.00 bits per heavy atom. The van der Waals surface area contributed by atoms with Crippen molar-refractivity contribution in [1.29, 1.82) is 0 Å². The Kier molecular flexibility index (Phi) is 6.83. The maximum Gasteiger partial charge on any atom is 0.387 e. The van der Waals surface area contributed by atoms with Crippen LogP contribution in [0, 0.1) is 5.92 Å². The molecule has 1 aromatic carbocycles. The third-order valence-corrected chi connectivity index (χ3v) is 5.06. The third kappa shape index (κ3) is 5.83. The summed E-state index contributed by atoms with van der Waals surface area (Å²) in [5.41, 5.74) is 7.37. The number of oxazole rings is 1. The van der Waals surface area contributed by atoms with Gasteiger partial charge in [0.15, 0.2) is 23.0 Å². The number of pyridine rings is 1. The van der Waals surface area contributed by atoms with Gasteiger partial charge < -0.3 is 24.9 Å². The number of carbonyl (C=O) groups is 1. The van der Waals surface area contributed by atoms with Crippen molar-refractivity contribution in [2.75, 3.05) is 6.61 Å². The fraction of sp³-hybridized carbons (Fsp3) is 0.348. The first-order chi connectivity index (χ1) is 15.9. The van der Waals surface area contributed by atoms with Crippen molar-refractivity contribution in [3.63, 3.8) is 0 Å². The molecule has 0 unspecified atom stereocenters. The Bertz CT molecular complexity index is 1100. The van der Waals surface area contributed by atoms with E-state index in [0.29, 0.717) is 18.1 Å². The van der Waals surface area contributed by atoms with Crippen LogP contribution in [0.3, 0.4) is 0 Å². The van der Waals surface area contributed by atoms with E-state index in [1.807, 2.05) is 0 Å². The number of hydrogen-bond donors (Lipinski definition) is 2. The highest BCUT2D eigenvalue weighted by atomic mass is 19.3. The molecule has 1 aliphatic carbocycles. The van der Waals surface area contributed by atoms with Gasteiger partial charge in [-0.3, -0.25) is 9.78 Å². The van der Waals surface area contributed by atoms with Gasteiger partial charge in [0, 0.05) is 24.5 Å². The molecule has 8 nitrogen and oxygen atoms in total. The molecule has 3 N–H and O–H groups in total. The second-order valence-electron chi connectivity index (χ2n) is 7.85. The van der Waals surface area contributed by atoms with Crippen molar-refractivity contribution in [3.8, 4) is 23.0 Å². The highest BCUT2D eigenvalue weighted by molar-refractivity contribution is 5.93. The Hall–Kier alpha value is -3.53. The van der Waals surface area contributed by atoms with Crippen LogP contribution in [0.5, 0.6) is 11.5 Å². The minimum Gasteiger partial charge on any atom is -0.489 e. The van der Waals surface area contributed by atoms with Crippen molar-refractivity contribution >= 4 is 5.91 Å². The topological polar surface area (TPSA) is 113 Å². The summed E-state index contributed by atoms with van der Waals surface area (Å²) in [5, 5.41) is 2.78. The fourth-order valence-electron chi connectivity index (χ4n) is 3.13. The summed E-state index contributed by atoms with van der Waals surface area (Å²) in [7, 11) is 0. The normalized spacial score (nSPS) is 14.2. The smallest absolute Gasteiger partial charge is 0.387 e. The SMILES string of the molecule is C[C@H](N)c1oc(-c2ccc(OC(F)F)c(OCC3CC3)c2)nc1C(=O)NCc1ccncc1. The van der Waals surface area contributed by atoms with Crippen LogP contribution in [0.2, 0.25) is 0 Å². The van der Waals surface area contributed by atoms with Crippen molar-refractivity contribution < 1.29 is 27.5 Å². The third-order valence-electron chi connectivity index (χ3n) is 5.06. The minimum atomic E-state index is -2.98. The fourth-order valence-corrected chi connectivity index (χ4v) is 3.13. The van der Waals surface area contributed by atoms with Crippen LogP contribution < -0.4 is 20.5 Å². The number of carbonyl (C=O) groups excluding carboxylic acids is 1. The van der Waals surface area contributed by atoms with Crippen molar-refractivity contribution in [3.05, 3.63) is 59.7 Å². The van der Waals surface area contributed by atoms with E-state index in [1.165, 1.54) is 18.2 Å². The van der Waals surface area contributed by atoms with Gasteiger partial charge in [0.2, 0.25) is 5.89 Å². The number of aromatic nitrogens is 2. The molecule has 2 heterocycles. The van der Waals surface area contributed by atoms with Crippen molar-refractivity contribution in [2.45, 2.75) is 39.0 Å². The van der Waals surface area contributed by atoms with E-state index in [1.54, 1.807) is 31.5 Å². The Morgan fingerprint density at radius 3 is 2.67 bits per heavy atom. The predicted molar refractivity (Wildman–Crippen MR) is 115 cm³/mol. The van der Waals surface area contributed by atoms with Gasteiger partial charge in [-0.1, -0.05) is 0 Å². The summed E-state index contributed by atoms with van der Waals surface area (Å²) in [6, 6.07) is 7.36. The lowest BCUT2D eigenvalue weighted by molar-refractivity contribution is -0.0515. The van der Waals surface area contributed by atoms with E-state index in [9.17, 15) is 13.6 Å². The number of rotatable bonds is 10. The Balaban J connectivity index is 1.58. The van der Waals surface area contributed by atoms with Gasteiger partial charge in [0.25, 0.3) is 5.91 Å². The van der Waals surface area contributed by atoms with Crippen LogP contribution in [0.4, 0.5) is 8.78 Å². The molecule has 1 atom stereocenters. The van der Waals surface area contributed by atoms with Gasteiger partial charge >= 0.3 is 6.61 Å². The second-order valence-corrected chi connectivity index (χ2v) is 7.85. The lowest BCUT2D eigenvalue weighted by Gasteiger charge is -2.12. The van der Waals surface area contributed by atoms with Gasteiger partial charge in [0.05, 0.1) is 12.6 Å². The highest BCUT2D eigenvalue weighted by Crippen LogP contribution is 2.37. The number of alkyl halides is 2. The first-order valence-electron chi connectivity index (χ1n) is 10.6. The Morgan fingerprint density at radius 1 is 1.24 bits per heavy atom. The number of nitrogens with two attached hydrogens (primary N) is 1. The van der Waals surface area contributed by atoms with E-state index in [0.717, 1.165) is 18.4 Å². The number of halogens is 2. The highest BCUT2D eigenvalue weighted by Gasteiger charge is 2.26. The average Bonchev–Trinajstić information content (AvgIpc) is 3.52. The molecular weight excluding hydrogens is 434 g/mol. The van der Waals surface area contributed by atoms with Crippen LogP contribution >= 0.6 is 0 Å². The van der Waals surface area contributed by atoms with E-state index in [2.05, 4.69) is 20.0 Å². The minimum absolute atomic E-state index is 0.0578. The van der Waals surface area contributed by atoms with E-state index >= 15 is 0 Å². The summed E-state index contributed by atoms with van der Waals surface area (Å²) in [5.74, 6) is 0.376. The molecule has 1 fully saturated rings. The summed E-state index contributed by atoms with van der Waals surface area (Å²) in [4.78, 5) is 21.1. The lowest BCUT2D eigenvalue weighted by Crippen LogP contribution is -2.25. The largest absolute Gasteiger partial charge is 0.489 e. The Labute approximate surface area is 189 Å². The maximum absolute atomic E-state index is 12.8. The summed E-state index contributed by atoms with van der Waals surface area (Å²) >= 11 is 0. The number of amides is 1. The molecule has 1 amide bonds. The molecule has 10 heteroatoms. The van der Waals surface area contributed by atoms with Gasteiger partial charge in [-0.2, -0.15) is 8.78 Å². The molecule has 0 radical (unpaired) electrons. The number of benzene rings is 1. The second kappa shape index (κ2) is 9.95. The number of ether oxygens (including phenoxy) is 2. The molecule has 2 aromatic heterocycles. The molecule has 174 valence electrons. The van der Waals surface area contributed by atoms with E-state index in [4.69, 9.17) is 14.9 Å². The summed E-state index contributed by atoms with van der Waals surface area (Å²) in [6.45, 7) is -0.627.